The molecule has 4 aromatic rings. The molecule has 0 bridgehead atoms. The van der Waals surface area contributed by atoms with Crippen LogP contribution in [-0.2, 0) is 20.7 Å². The van der Waals surface area contributed by atoms with Crippen LogP contribution in [0.3, 0.4) is 0 Å². The molecular weight excluding hydrogens is 744 g/mol. The number of Topliss-reactive ketones (excluding diaryl/α,β-unsaturated/α-hetero) is 2. The number of phenols is 4. The molecular formula is C42H30O15. The molecule has 15 nitrogen and oxygen atoms in total. The van der Waals surface area contributed by atoms with E-state index in [0.717, 1.165) is 18.2 Å². The minimum absolute atomic E-state index is 0.00296. The SMILES string of the molecule is COc1cccc2c1C(=O)c1c(O)c3c(c(O)c1C2=O)CC(O[C@H]1CC(C(=O)CO)=Cc2c(O)c4c(c(O)c21)C(=O)c1c(OC)cccc1C4=O)(C(=O)CO)C=C3. The highest BCUT2D eigenvalue weighted by Gasteiger charge is 2.49. The van der Waals surface area contributed by atoms with E-state index in [4.69, 9.17) is 14.2 Å². The van der Waals surface area contributed by atoms with Crippen molar-refractivity contribution in [1.82, 2.24) is 0 Å². The van der Waals surface area contributed by atoms with Gasteiger partial charge in [0, 0.05) is 51.8 Å². The van der Waals surface area contributed by atoms with Gasteiger partial charge in [0.15, 0.2) is 28.7 Å². The molecule has 0 saturated carbocycles. The van der Waals surface area contributed by atoms with Gasteiger partial charge in [-0.15, -0.1) is 0 Å². The average Bonchev–Trinajstić information content (AvgIpc) is 3.22. The number of methoxy groups -OCH3 is 2. The first-order chi connectivity index (χ1) is 27.2. The molecule has 0 radical (unpaired) electrons. The van der Waals surface area contributed by atoms with Crippen LogP contribution in [0.4, 0.5) is 0 Å². The first-order valence-corrected chi connectivity index (χ1v) is 17.4. The van der Waals surface area contributed by atoms with Gasteiger partial charge in [-0.3, -0.25) is 28.8 Å². The van der Waals surface area contributed by atoms with Crippen molar-refractivity contribution in [2.24, 2.45) is 0 Å². The number of fused-ring (bicyclic) bond motifs is 6. The summed E-state index contributed by atoms with van der Waals surface area (Å²) in [6, 6.07) is 8.46. The maximum atomic E-state index is 14.1. The van der Waals surface area contributed by atoms with Crippen LogP contribution in [0.15, 0.2) is 48.0 Å². The molecule has 15 heteroatoms. The van der Waals surface area contributed by atoms with Crippen molar-refractivity contribution in [2.75, 3.05) is 27.4 Å². The number of phenolic OH excluding ortho intramolecular Hbond substituents is 4. The standard InChI is InChI=1S/C42H30O15/c1-55-23-7-3-5-18-27(23)39(52)32-30(35(18)48)38(51)21-13-42(26(46)15-44,10-9-17(21)34(32)47)57-25-12-16(22(45)14-43)11-20-29(25)41(54)33-31(37(20)50)36(49)19-6-4-8-24(56-2)28(19)40(33)53/h3-11,25,43-44,47,50-51,54H,12-15H2,1-2H3/t25-,42?/m0/s1. The lowest BCUT2D eigenvalue weighted by Crippen LogP contribution is -2.46. The quantitative estimate of drug-likeness (QED) is 0.122. The van der Waals surface area contributed by atoms with E-state index in [1.54, 1.807) is 0 Å². The Hall–Kier alpha value is -6.94. The summed E-state index contributed by atoms with van der Waals surface area (Å²) < 4.78 is 17.0. The molecule has 6 N–H and O–H groups in total. The van der Waals surface area contributed by atoms with E-state index in [1.807, 2.05) is 0 Å². The highest BCUT2D eigenvalue weighted by Crippen LogP contribution is 2.54. The molecule has 4 aliphatic rings. The van der Waals surface area contributed by atoms with Crippen molar-refractivity contribution in [3.63, 3.8) is 0 Å². The summed E-state index contributed by atoms with van der Waals surface area (Å²) >= 11 is 0. The van der Waals surface area contributed by atoms with Gasteiger partial charge in [0.25, 0.3) is 0 Å². The largest absolute Gasteiger partial charge is 0.507 e. The molecule has 1 unspecified atom stereocenters. The van der Waals surface area contributed by atoms with Crippen LogP contribution in [0, 0.1) is 0 Å². The Bertz CT molecular complexity index is 2660. The van der Waals surface area contributed by atoms with E-state index >= 15 is 0 Å². The third-order valence-corrected chi connectivity index (χ3v) is 10.9. The Morgan fingerprint density at radius 2 is 1.21 bits per heavy atom. The lowest BCUT2D eigenvalue weighted by Gasteiger charge is -2.39. The number of aliphatic hydroxyl groups excluding tert-OH is 2. The number of carbonyl (C=O) groups is 6. The van der Waals surface area contributed by atoms with Gasteiger partial charge in [0.2, 0.25) is 11.6 Å². The molecule has 0 aromatic heterocycles. The fourth-order valence-electron chi connectivity index (χ4n) is 8.23. The Morgan fingerprint density at radius 1 is 0.684 bits per heavy atom. The predicted octanol–water partition coefficient (Wildman–Crippen LogP) is 3.05. The average molecular weight is 775 g/mol. The Morgan fingerprint density at radius 3 is 1.75 bits per heavy atom. The van der Waals surface area contributed by atoms with E-state index < -0.39 is 118 Å². The number of ether oxygens (including phenoxy) is 3. The van der Waals surface area contributed by atoms with Crippen LogP contribution in [0.1, 0.15) is 98.5 Å². The van der Waals surface area contributed by atoms with Gasteiger partial charge < -0.3 is 44.8 Å². The van der Waals surface area contributed by atoms with Gasteiger partial charge in [0.1, 0.15) is 47.7 Å². The zero-order valence-corrected chi connectivity index (χ0v) is 30.0. The molecule has 0 amide bonds. The highest BCUT2D eigenvalue weighted by atomic mass is 16.5. The zero-order valence-electron chi connectivity index (χ0n) is 30.0. The summed E-state index contributed by atoms with van der Waals surface area (Å²) in [6.45, 7) is -2.19. The first-order valence-electron chi connectivity index (χ1n) is 17.4. The van der Waals surface area contributed by atoms with Crippen LogP contribution in [0.2, 0.25) is 0 Å². The van der Waals surface area contributed by atoms with E-state index in [2.05, 4.69) is 0 Å². The van der Waals surface area contributed by atoms with Crippen LogP contribution in [0.25, 0.3) is 12.2 Å². The van der Waals surface area contributed by atoms with Crippen LogP contribution < -0.4 is 9.47 Å². The van der Waals surface area contributed by atoms with Crippen molar-refractivity contribution in [2.45, 2.75) is 24.5 Å². The van der Waals surface area contributed by atoms with Crippen molar-refractivity contribution in [3.05, 3.63) is 115 Å². The lowest BCUT2D eigenvalue weighted by molar-refractivity contribution is -0.149. The molecule has 0 fully saturated rings. The summed E-state index contributed by atoms with van der Waals surface area (Å²) in [5.74, 6) is -8.41. The molecule has 0 saturated heterocycles. The van der Waals surface area contributed by atoms with Crippen LogP contribution in [0.5, 0.6) is 34.5 Å². The normalized spacial score (nSPS) is 18.7. The molecule has 4 aromatic carbocycles. The fraction of sp³-hybridized carbons (Fsp3) is 0.190. The predicted molar refractivity (Wildman–Crippen MR) is 195 cm³/mol. The molecule has 4 aliphatic carbocycles. The Balaban J connectivity index is 1.30. The van der Waals surface area contributed by atoms with Crippen LogP contribution >= 0.6 is 0 Å². The number of aromatic hydroxyl groups is 4. The number of carbonyl (C=O) groups excluding carboxylic acids is 6. The second-order valence-corrected chi connectivity index (χ2v) is 13.7. The smallest absolute Gasteiger partial charge is 0.202 e. The maximum absolute atomic E-state index is 14.1. The number of hydrogen-bond donors (Lipinski definition) is 6. The maximum Gasteiger partial charge on any atom is 0.202 e. The minimum atomic E-state index is -2.32. The molecule has 0 spiro atoms. The second-order valence-electron chi connectivity index (χ2n) is 13.7. The number of benzene rings is 4. The van der Waals surface area contributed by atoms with Gasteiger partial charge in [-0.25, -0.2) is 0 Å². The molecule has 0 heterocycles. The van der Waals surface area contributed by atoms with E-state index in [1.165, 1.54) is 50.6 Å². The summed E-state index contributed by atoms with van der Waals surface area (Å²) in [6.07, 6.45) is 0.516. The highest BCUT2D eigenvalue weighted by molar-refractivity contribution is 6.32. The molecule has 57 heavy (non-hydrogen) atoms. The fourth-order valence-corrected chi connectivity index (χ4v) is 8.23. The van der Waals surface area contributed by atoms with Gasteiger partial charge in [-0.05, 0) is 24.3 Å². The second kappa shape index (κ2) is 13.1. The number of aliphatic hydroxyl groups is 2. The zero-order chi connectivity index (χ0) is 40.8. The first kappa shape index (κ1) is 37.0. The van der Waals surface area contributed by atoms with Crippen LogP contribution in [-0.4, -0.2) is 98.4 Å². The van der Waals surface area contributed by atoms with E-state index in [9.17, 15) is 59.4 Å². The molecule has 8 rings (SSSR count). The van der Waals surface area contributed by atoms with Crippen molar-refractivity contribution >= 4 is 46.9 Å². The summed E-state index contributed by atoms with van der Waals surface area (Å²) in [5.41, 5.74) is -6.45. The Labute approximate surface area is 321 Å². The number of rotatable bonds is 8. The minimum Gasteiger partial charge on any atom is -0.507 e. The Kier molecular flexibility index (Phi) is 8.50. The van der Waals surface area contributed by atoms with Crippen molar-refractivity contribution in [1.29, 1.82) is 0 Å². The number of hydrogen-bond acceptors (Lipinski definition) is 15. The van der Waals surface area contributed by atoms with Crippen molar-refractivity contribution in [3.8, 4) is 34.5 Å². The monoisotopic (exact) mass is 774 g/mol. The van der Waals surface area contributed by atoms with Gasteiger partial charge >= 0.3 is 0 Å². The summed E-state index contributed by atoms with van der Waals surface area (Å²) in [4.78, 5) is 82.4. The van der Waals surface area contributed by atoms with Gasteiger partial charge in [-0.2, -0.15) is 0 Å². The van der Waals surface area contributed by atoms with Gasteiger partial charge in [-0.1, -0.05) is 30.3 Å². The molecule has 2 atom stereocenters. The van der Waals surface area contributed by atoms with E-state index in [0.29, 0.717) is 0 Å². The molecule has 288 valence electrons. The topological polar surface area (TPSA) is 251 Å². The molecule has 0 aliphatic heterocycles. The number of ketones is 6. The summed E-state index contributed by atoms with van der Waals surface area (Å²) in [5, 5.41) is 66.9. The lowest BCUT2D eigenvalue weighted by atomic mass is 9.75. The van der Waals surface area contributed by atoms with E-state index in [-0.39, 0.29) is 61.6 Å². The third kappa shape index (κ3) is 5.02. The summed E-state index contributed by atoms with van der Waals surface area (Å²) in [7, 11) is 2.56. The van der Waals surface area contributed by atoms with Crippen molar-refractivity contribution < 1.29 is 73.6 Å². The third-order valence-electron chi connectivity index (χ3n) is 10.9. The van der Waals surface area contributed by atoms with Gasteiger partial charge in [0.05, 0.1) is 53.7 Å².